The quantitative estimate of drug-likeness (QED) is 0.768. The average Bonchev–Trinajstić information content (AvgIpc) is 2.87. The van der Waals surface area contributed by atoms with E-state index in [1.54, 1.807) is 0 Å². The van der Waals surface area contributed by atoms with Gasteiger partial charge in [0.2, 0.25) is 0 Å². The highest BCUT2D eigenvalue weighted by Gasteiger charge is 2.34. The first-order valence-electron chi connectivity index (χ1n) is 7.11. The fraction of sp³-hybridized carbons (Fsp3) is 0.312. The van der Waals surface area contributed by atoms with Gasteiger partial charge in [0.1, 0.15) is 17.6 Å². The molecular formula is C16H16FN3O4. The maximum Gasteiger partial charge on any atom is 0.337 e. The highest BCUT2D eigenvalue weighted by molar-refractivity contribution is 6.08. The van der Waals surface area contributed by atoms with Gasteiger partial charge >= 0.3 is 5.97 Å². The molecule has 2 N–H and O–H groups in total. The third-order valence-electron chi connectivity index (χ3n) is 3.63. The van der Waals surface area contributed by atoms with E-state index in [2.05, 4.69) is 10.1 Å². The Balaban J connectivity index is 2.45. The smallest absolute Gasteiger partial charge is 0.337 e. The molecule has 0 atom stereocenters. The normalized spacial score (nSPS) is 14.0. The van der Waals surface area contributed by atoms with Crippen LogP contribution in [0.15, 0.2) is 23.4 Å². The van der Waals surface area contributed by atoms with E-state index in [9.17, 15) is 19.2 Å². The summed E-state index contributed by atoms with van der Waals surface area (Å²) in [6.07, 6.45) is 0. The van der Waals surface area contributed by atoms with Crippen molar-refractivity contribution in [3.8, 4) is 6.07 Å². The molecule has 1 aliphatic heterocycles. The Kier molecular flexibility index (Phi) is 5.16. The Hall–Kier alpha value is -2.92. The van der Waals surface area contributed by atoms with Crippen molar-refractivity contribution in [3.63, 3.8) is 0 Å². The molecule has 2 rings (SSSR count). The number of aliphatic hydroxyl groups excluding tert-OH is 1. The molecule has 0 saturated carbocycles. The molecule has 8 heteroatoms. The van der Waals surface area contributed by atoms with Gasteiger partial charge in [-0.25, -0.2) is 9.18 Å². The van der Waals surface area contributed by atoms with Crippen molar-refractivity contribution < 1.29 is 23.8 Å². The number of anilines is 1. The van der Waals surface area contributed by atoms with Crippen molar-refractivity contribution in [1.29, 1.82) is 5.26 Å². The second-order valence-corrected chi connectivity index (χ2v) is 5.18. The minimum atomic E-state index is -0.711. The highest BCUT2D eigenvalue weighted by Crippen LogP contribution is 2.26. The summed E-state index contributed by atoms with van der Waals surface area (Å²) in [5.74, 6) is -1.79. The largest absolute Gasteiger partial charge is 0.466 e. The summed E-state index contributed by atoms with van der Waals surface area (Å²) >= 11 is 0. The van der Waals surface area contributed by atoms with Crippen LogP contribution in [0, 0.1) is 24.1 Å². The van der Waals surface area contributed by atoms with Crippen LogP contribution in [-0.4, -0.2) is 48.7 Å². The molecule has 0 bridgehead atoms. The molecule has 0 unspecified atom stereocenters. The van der Waals surface area contributed by atoms with Crippen molar-refractivity contribution in [2.45, 2.75) is 6.92 Å². The molecule has 0 saturated heterocycles. The fourth-order valence-corrected chi connectivity index (χ4v) is 2.36. The summed E-state index contributed by atoms with van der Waals surface area (Å²) in [5, 5.41) is 20.9. The number of aliphatic hydroxyl groups is 1. The van der Waals surface area contributed by atoms with E-state index < -0.39 is 17.7 Å². The monoisotopic (exact) mass is 333 g/mol. The number of benzene rings is 1. The van der Waals surface area contributed by atoms with Gasteiger partial charge in [0.05, 0.1) is 37.1 Å². The molecule has 0 spiro atoms. The van der Waals surface area contributed by atoms with Gasteiger partial charge in [-0.1, -0.05) is 0 Å². The summed E-state index contributed by atoms with van der Waals surface area (Å²) in [7, 11) is 1.18. The minimum Gasteiger partial charge on any atom is -0.466 e. The third-order valence-corrected chi connectivity index (χ3v) is 3.63. The van der Waals surface area contributed by atoms with Gasteiger partial charge in [0, 0.05) is 6.54 Å². The van der Waals surface area contributed by atoms with Crippen LogP contribution in [0.2, 0.25) is 0 Å². The van der Waals surface area contributed by atoms with Gasteiger partial charge in [0.25, 0.3) is 5.91 Å². The Morgan fingerprint density at radius 2 is 2.25 bits per heavy atom. The van der Waals surface area contributed by atoms with Crippen LogP contribution in [0.4, 0.5) is 10.1 Å². The summed E-state index contributed by atoms with van der Waals surface area (Å²) in [6, 6.07) is 4.36. The topological polar surface area (TPSA) is 103 Å². The van der Waals surface area contributed by atoms with Crippen LogP contribution in [0.5, 0.6) is 0 Å². The highest BCUT2D eigenvalue weighted by atomic mass is 19.1. The second-order valence-electron chi connectivity index (χ2n) is 5.18. The molecule has 7 nitrogen and oxygen atoms in total. The van der Waals surface area contributed by atoms with Crippen LogP contribution < -0.4 is 5.32 Å². The SMILES string of the molecule is COC(=O)C1=C(Nc2cc(F)c(C)cc2C#N)C(=O)N(CCO)C1. The summed E-state index contributed by atoms with van der Waals surface area (Å²) < 4.78 is 18.5. The van der Waals surface area contributed by atoms with Gasteiger partial charge in [0.15, 0.2) is 0 Å². The molecule has 0 aromatic heterocycles. The van der Waals surface area contributed by atoms with E-state index in [1.807, 2.05) is 6.07 Å². The van der Waals surface area contributed by atoms with E-state index in [1.165, 1.54) is 25.0 Å². The zero-order chi connectivity index (χ0) is 17.9. The Morgan fingerprint density at radius 1 is 1.54 bits per heavy atom. The van der Waals surface area contributed by atoms with Crippen LogP contribution in [0.1, 0.15) is 11.1 Å². The van der Waals surface area contributed by atoms with Crippen molar-refractivity contribution >= 4 is 17.6 Å². The van der Waals surface area contributed by atoms with E-state index in [0.717, 1.165) is 6.07 Å². The number of halogens is 1. The maximum absolute atomic E-state index is 13.8. The number of nitriles is 1. The number of rotatable bonds is 5. The minimum absolute atomic E-state index is 0.0371. The molecule has 1 aromatic rings. The maximum atomic E-state index is 13.8. The average molecular weight is 333 g/mol. The molecule has 1 heterocycles. The fourth-order valence-electron chi connectivity index (χ4n) is 2.36. The number of esters is 1. The van der Waals surface area contributed by atoms with E-state index >= 15 is 0 Å². The zero-order valence-electron chi connectivity index (χ0n) is 13.2. The van der Waals surface area contributed by atoms with Crippen LogP contribution >= 0.6 is 0 Å². The molecular weight excluding hydrogens is 317 g/mol. The van der Waals surface area contributed by atoms with Crippen molar-refractivity contribution in [2.75, 3.05) is 32.1 Å². The molecule has 24 heavy (non-hydrogen) atoms. The van der Waals surface area contributed by atoms with E-state index in [0.29, 0.717) is 5.56 Å². The third kappa shape index (κ3) is 3.21. The number of methoxy groups -OCH3 is 1. The van der Waals surface area contributed by atoms with Crippen molar-refractivity contribution in [1.82, 2.24) is 4.90 Å². The number of aryl methyl sites for hydroxylation is 1. The number of nitrogens with one attached hydrogen (secondary N) is 1. The summed E-state index contributed by atoms with van der Waals surface area (Å²) in [5.41, 5.74) is 0.477. The summed E-state index contributed by atoms with van der Waals surface area (Å²) in [6.45, 7) is 1.25. The van der Waals surface area contributed by atoms with E-state index in [4.69, 9.17) is 5.11 Å². The number of hydrogen-bond donors (Lipinski definition) is 2. The molecule has 1 amide bonds. The Morgan fingerprint density at radius 3 is 2.83 bits per heavy atom. The summed E-state index contributed by atoms with van der Waals surface area (Å²) in [4.78, 5) is 25.5. The number of β-amino-alcohol motifs (C(OH)–C–C–N with tert-alkyl or cyclic N) is 1. The molecule has 1 aromatic carbocycles. The first-order chi connectivity index (χ1) is 11.4. The zero-order valence-corrected chi connectivity index (χ0v) is 13.2. The lowest BCUT2D eigenvalue weighted by Crippen LogP contribution is -2.31. The van der Waals surface area contributed by atoms with E-state index in [-0.39, 0.29) is 42.2 Å². The number of ether oxygens (including phenoxy) is 1. The lowest BCUT2D eigenvalue weighted by atomic mass is 10.1. The lowest BCUT2D eigenvalue weighted by Gasteiger charge is -2.15. The van der Waals surface area contributed by atoms with Gasteiger partial charge in [-0.15, -0.1) is 0 Å². The van der Waals surface area contributed by atoms with Crippen molar-refractivity contribution in [2.24, 2.45) is 0 Å². The number of carbonyl (C=O) groups is 2. The van der Waals surface area contributed by atoms with Crippen molar-refractivity contribution in [3.05, 3.63) is 40.3 Å². The number of hydrogen-bond acceptors (Lipinski definition) is 6. The van der Waals surface area contributed by atoms with Gasteiger partial charge < -0.3 is 20.1 Å². The second kappa shape index (κ2) is 7.10. The first kappa shape index (κ1) is 17.4. The Bertz CT molecular complexity index is 767. The predicted octanol–water partition coefficient (Wildman–Crippen LogP) is 0.679. The molecule has 1 aliphatic rings. The molecule has 126 valence electrons. The van der Waals surface area contributed by atoms with Crippen LogP contribution in [0.25, 0.3) is 0 Å². The van der Waals surface area contributed by atoms with Gasteiger partial charge in [-0.3, -0.25) is 4.79 Å². The number of amides is 1. The van der Waals surface area contributed by atoms with Gasteiger partial charge in [-0.05, 0) is 24.6 Å². The van der Waals surface area contributed by atoms with Crippen LogP contribution in [0.3, 0.4) is 0 Å². The predicted molar refractivity (Wildman–Crippen MR) is 82.2 cm³/mol. The standard InChI is InChI=1S/C16H16FN3O4/c1-9-5-10(7-18)13(6-12(9)17)19-14-11(16(23)24-2)8-20(3-4-21)15(14)22/h5-6,19,21H,3-4,8H2,1-2H3. The van der Waals surface area contributed by atoms with Crippen LogP contribution in [-0.2, 0) is 14.3 Å². The number of nitrogens with zero attached hydrogens (tertiary/aromatic N) is 2. The molecule has 0 radical (unpaired) electrons. The molecule has 0 fully saturated rings. The van der Waals surface area contributed by atoms with Gasteiger partial charge in [-0.2, -0.15) is 5.26 Å². The molecule has 0 aliphatic carbocycles. The Labute approximate surface area is 137 Å². The lowest BCUT2D eigenvalue weighted by molar-refractivity contribution is -0.136. The number of carbonyl (C=O) groups excluding carboxylic acids is 2. The first-order valence-corrected chi connectivity index (χ1v) is 7.11.